The molecule has 2 heterocycles. The number of rotatable bonds is 6. The van der Waals surface area contributed by atoms with Gasteiger partial charge in [-0.25, -0.2) is 9.37 Å². The molecule has 2 aromatic rings. The van der Waals surface area contributed by atoms with Gasteiger partial charge in [0.25, 0.3) is 0 Å². The molecule has 1 aliphatic heterocycles. The van der Waals surface area contributed by atoms with Crippen molar-refractivity contribution in [3.8, 4) is 0 Å². The third kappa shape index (κ3) is 6.30. The third-order valence-corrected chi connectivity index (χ3v) is 5.84. The third-order valence-electron chi connectivity index (χ3n) is 4.64. The lowest BCUT2D eigenvalue weighted by Gasteiger charge is -2.37. The summed E-state index contributed by atoms with van der Waals surface area (Å²) < 4.78 is 13.1. The first-order valence-electron chi connectivity index (χ1n) is 9.67. The number of hydrogen-bond acceptors (Lipinski definition) is 4. The van der Waals surface area contributed by atoms with Gasteiger partial charge in [-0.3, -0.25) is 4.99 Å². The van der Waals surface area contributed by atoms with Crippen LogP contribution in [0.15, 0.2) is 35.5 Å². The largest absolute Gasteiger partial charge is 0.368 e. The van der Waals surface area contributed by atoms with Crippen LogP contribution in [0.1, 0.15) is 23.7 Å². The molecule has 0 aliphatic carbocycles. The standard InChI is InChI=1S/C20H28FN5S.HI/c1-3-18-15-24-19(27-18)9-10-23-20(22-4-2)26-13-11-25(12-14-26)17-7-5-16(21)6-8-17;/h5-8,15H,3-4,9-14H2,1-2H3,(H,22,23);1H. The van der Waals surface area contributed by atoms with Crippen LogP contribution < -0.4 is 10.2 Å². The van der Waals surface area contributed by atoms with Gasteiger partial charge in [0.1, 0.15) is 5.82 Å². The number of nitrogens with one attached hydrogen (secondary N) is 1. The van der Waals surface area contributed by atoms with Gasteiger partial charge in [-0.2, -0.15) is 0 Å². The highest BCUT2D eigenvalue weighted by molar-refractivity contribution is 14.0. The smallest absolute Gasteiger partial charge is 0.194 e. The summed E-state index contributed by atoms with van der Waals surface area (Å²) in [4.78, 5) is 15.2. The molecular formula is C20H29FIN5S. The molecule has 1 aromatic heterocycles. The maximum atomic E-state index is 13.1. The van der Waals surface area contributed by atoms with Crippen LogP contribution in [-0.2, 0) is 12.8 Å². The van der Waals surface area contributed by atoms with Gasteiger partial charge in [-0.15, -0.1) is 35.3 Å². The molecular weight excluding hydrogens is 488 g/mol. The maximum absolute atomic E-state index is 13.1. The van der Waals surface area contributed by atoms with E-state index in [2.05, 4.69) is 33.9 Å². The number of aliphatic imine (C=N–C) groups is 1. The Hall–Kier alpha value is -1.42. The molecule has 1 N–H and O–H groups in total. The van der Waals surface area contributed by atoms with E-state index in [4.69, 9.17) is 4.99 Å². The van der Waals surface area contributed by atoms with Gasteiger partial charge in [-0.05, 0) is 37.6 Å². The summed E-state index contributed by atoms with van der Waals surface area (Å²) >= 11 is 1.78. The fourth-order valence-corrected chi connectivity index (χ4v) is 3.99. The van der Waals surface area contributed by atoms with Crippen LogP contribution in [-0.4, -0.2) is 55.1 Å². The zero-order valence-electron chi connectivity index (χ0n) is 16.5. The Bertz CT molecular complexity index is 741. The highest BCUT2D eigenvalue weighted by Gasteiger charge is 2.19. The van der Waals surface area contributed by atoms with Crippen LogP contribution in [0.4, 0.5) is 10.1 Å². The molecule has 0 atom stereocenters. The van der Waals surface area contributed by atoms with Crippen molar-refractivity contribution in [2.45, 2.75) is 26.7 Å². The number of piperazine rings is 1. The summed E-state index contributed by atoms with van der Waals surface area (Å²) in [6.45, 7) is 9.47. The molecule has 3 rings (SSSR count). The molecule has 0 radical (unpaired) electrons. The van der Waals surface area contributed by atoms with E-state index in [1.165, 1.54) is 17.0 Å². The molecule has 154 valence electrons. The van der Waals surface area contributed by atoms with Gasteiger partial charge in [0.05, 0.1) is 5.01 Å². The second kappa shape index (κ2) is 11.5. The number of guanidine groups is 1. The van der Waals surface area contributed by atoms with E-state index in [0.717, 1.165) is 68.8 Å². The van der Waals surface area contributed by atoms with Crippen molar-refractivity contribution in [2.75, 3.05) is 44.2 Å². The van der Waals surface area contributed by atoms with E-state index in [9.17, 15) is 4.39 Å². The average Bonchev–Trinajstić information content (AvgIpc) is 3.16. The Morgan fingerprint density at radius 2 is 1.89 bits per heavy atom. The van der Waals surface area contributed by atoms with Crippen LogP contribution in [0.25, 0.3) is 0 Å². The van der Waals surface area contributed by atoms with Crippen molar-refractivity contribution in [2.24, 2.45) is 4.99 Å². The molecule has 8 heteroatoms. The number of aromatic nitrogens is 1. The van der Waals surface area contributed by atoms with E-state index < -0.39 is 0 Å². The van der Waals surface area contributed by atoms with E-state index >= 15 is 0 Å². The fraction of sp³-hybridized carbons (Fsp3) is 0.500. The number of thiazole rings is 1. The molecule has 1 aliphatic rings. The van der Waals surface area contributed by atoms with E-state index in [1.807, 2.05) is 18.3 Å². The van der Waals surface area contributed by atoms with Crippen LogP contribution in [0, 0.1) is 5.82 Å². The summed E-state index contributed by atoms with van der Waals surface area (Å²) in [6, 6.07) is 6.75. The summed E-state index contributed by atoms with van der Waals surface area (Å²) in [5, 5.41) is 4.57. The first-order chi connectivity index (χ1) is 13.2. The number of nitrogens with zero attached hydrogens (tertiary/aromatic N) is 4. The molecule has 1 saturated heterocycles. The van der Waals surface area contributed by atoms with Crippen LogP contribution in [0.2, 0.25) is 0 Å². The summed E-state index contributed by atoms with van der Waals surface area (Å²) in [5.41, 5.74) is 1.08. The second-order valence-electron chi connectivity index (χ2n) is 6.51. The predicted molar refractivity (Wildman–Crippen MR) is 127 cm³/mol. The van der Waals surface area contributed by atoms with E-state index in [0.29, 0.717) is 0 Å². The molecule has 5 nitrogen and oxygen atoms in total. The summed E-state index contributed by atoms with van der Waals surface area (Å²) in [6.07, 6.45) is 3.90. The lowest BCUT2D eigenvalue weighted by Crippen LogP contribution is -2.52. The SMILES string of the molecule is CCNC(=NCCc1ncc(CC)s1)N1CCN(c2ccc(F)cc2)CC1.I. The van der Waals surface area contributed by atoms with Crippen LogP contribution in [0.5, 0.6) is 0 Å². The molecule has 0 spiro atoms. The van der Waals surface area contributed by atoms with Gasteiger partial charge in [0, 0.05) is 62.5 Å². The molecule has 1 fully saturated rings. The average molecular weight is 517 g/mol. The normalized spacial score (nSPS) is 14.8. The van der Waals surface area contributed by atoms with Crippen molar-refractivity contribution in [1.29, 1.82) is 0 Å². The minimum atomic E-state index is -0.190. The Morgan fingerprint density at radius 1 is 1.18 bits per heavy atom. The highest BCUT2D eigenvalue weighted by atomic mass is 127. The fourth-order valence-electron chi connectivity index (χ4n) is 3.14. The highest BCUT2D eigenvalue weighted by Crippen LogP contribution is 2.17. The monoisotopic (exact) mass is 517 g/mol. The minimum Gasteiger partial charge on any atom is -0.368 e. The van der Waals surface area contributed by atoms with Crippen LogP contribution in [0.3, 0.4) is 0 Å². The van der Waals surface area contributed by atoms with Crippen molar-refractivity contribution >= 4 is 47.0 Å². The lowest BCUT2D eigenvalue weighted by atomic mass is 10.2. The Labute approximate surface area is 188 Å². The lowest BCUT2D eigenvalue weighted by molar-refractivity contribution is 0.372. The molecule has 0 bridgehead atoms. The first-order valence-corrected chi connectivity index (χ1v) is 10.5. The number of hydrogen-bond donors (Lipinski definition) is 1. The van der Waals surface area contributed by atoms with E-state index in [1.54, 1.807) is 11.3 Å². The number of anilines is 1. The Balaban J connectivity index is 0.00000280. The van der Waals surface area contributed by atoms with Crippen molar-refractivity contribution in [3.05, 3.63) is 46.2 Å². The Kier molecular flexibility index (Phi) is 9.43. The maximum Gasteiger partial charge on any atom is 0.194 e. The van der Waals surface area contributed by atoms with Gasteiger partial charge in [0.15, 0.2) is 5.96 Å². The molecule has 28 heavy (non-hydrogen) atoms. The van der Waals surface area contributed by atoms with Gasteiger partial charge >= 0.3 is 0 Å². The molecule has 0 amide bonds. The van der Waals surface area contributed by atoms with Gasteiger partial charge < -0.3 is 15.1 Å². The molecule has 1 aromatic carbocycles. The van der Waals surface area contributed by atoms with Gasteiger partial charge in [-0.1, -0.05) is 6.92 Å². The van der Waals surface area contributed by atoms with Crippen molar-refractivity contribution < 1.29 is 4.39 Å². The zero-order valence-corrected chi connectivity index (χ0v) is 19.7. The predicted octanol–water partition coefficient (Wildman–Crippen LogP) is 3.79. The number of benzene rings is 1. The summed E-state index contributed by atoms with van der Waals surface area (Å²) in [7, 11) is 0. The Morgan fingerprint density at radius 3 is 2.50 bits per heavy atom. The quantitative estimate of drug-likeness (QED) is 0.360. The van der Waals surface area contributed by atoms with Crippen molar-refractivity contribution in [3.63, 3.8) is 0 Å². The van der Waals surface area contributed by atoms with E-state index in [-0.39, 0.29) is 29.8 Å². The van der Waals surface area contributed by atoms with Crippen LogP contribution >= 0.6 is 35.3 Å². The van der Waals surface area contributed by atoms with Gasteiger partial charge in [0.2, 0.25) is 0 Å². The second-order valence-corrected chi connectivity index (χ2v) is 7.71. The topological polar surface area (TPSA) is 43.8 Å². The number of aryl methyl sites for hydroxylation is 1. The first kappa shape index (κ1) is 22.9. The molecule has 0 unspecified atom stereocenters. The number of halogens is 2. The minimum absolute atomic E-state index is 0. The zero-order chi connectivity index (χ0) is 19.1. The van der Waals surface area contributed by atoms with Crippen molar-refractivity contribution in [1.82, 2.24) is 15.2 Å². The summed E-state index contributed by atoms with van der Waals surface area (Å²) in [5.74, 6) is 0.786. The molecule has 0 saturated carbocycles.